The molecule has 2 aromatic rings. The second-order valence-electron chi connectivity index (χ2n) is 6.52. The van der Waals surface area contributed by atoms with Gasteiger partial charge in [0.1, 0.15) is 0 Å². The number of nitrogens with one attached hydrogen (secondary N) is 2. The number of amides is 1. The first kappa shape index (κ1) is 21.0. The lowest BCUT2D eigenvalue weighted by Gasteiger charge is -2.12. The summed E-state index contributed by atoms with van der Waals surface area (Å²) in [6.45, 7) is -2.68. The predicted octanol–water partition coefficient (Wildman–Crippen LogP) is 3.24. The third kappa shape index (κ3) is 5.64. The topological polar surface area (TPSA) is 93.7 Å². The van der Waals surface area contributed by atoms with Gasteiger partial charge in [0, 0.05) is 23.9 Å². The van der Waals surface area contributed by atoms with Crippen molar-refractivity contribution < 1.29 is 31.5 Å². The van der Waals surface area contributed by atoms with Crippen LogP contribution in [0.4, 0.5) is 14.5 Å². The maximum Gasteiger partial charge on any atom is 0.387 e. The number of sulfonamides is 1. The van der Waals surface area contributed by atoms with Gasteiger partial charge >= 0.3 is 6.61 Å². The molecule has 3 rings (SSSR count). The van der Waals surface area contributed by atoms with Crippen LogP contribution in [0.5, 0.6) is 11.5 Å². The zero-order chi connectivity index (χ0) is 21.0. The van der Waals surface area contributed by atoms with Crippen molar-refractivity contribution in [1.29, 1.82) is 0 Å². The van der Waals surface area contributed by atoms with E-state index in [0.29, 0.717) is 12.5 Å². The largest absolute Gasteiger partial charge is 0.493 e. The van der Waals surface area contributed by atoms with Gasteiger partial charge in [-0.15, -0.1) is 0 Å². The Morgan fingerprint density at radius 1 is 1.17 bits per heavy atom. The Morgan fingerprint density at radius 3 is 2.59 bits per heavy atom. The summed E-state index contributed by atoms with van der Waals surface area (Å²) in [5.74, 6) is -0.382. The van der Waals surface area contributed by atoms with Gasteiger partial charge in [0.15, 0.2) is 11.5 Å². The van der Waals surface area contributed by atoms with Crippen LogP contribution in [-0.4, -0.2) is 34.6 Å². The fraction of sp³-hybridized carbons (Fsp3) is 0.316. The number of methoxy groups -OCH3 is 1. The molecule has 0 unspecified atom stereocenters. The van der Waals surface area contributed by atoms with E-state index in [9.17, 15) is 22.0 Å². The van der Waals surface area contributed by atoms with Gasteiger partial charge in [0.2, 0.25) is 10.0 Å². The summed E-state index contributed by atoms with van der Waals surface area (Å²) in [5, 5.41) is 2.53. The summed E-state index contributed by atoms with van der Waals surface area (Å²) in [7, 11) is -2.42. The Kier molecular flexibility index (Phi) is 6.33. The minimum atomic E-state index is -3.72. The molecule has 0 radical (unpaired) electrons. The predicted molar refractivity (Wildman–Crippen MR) is 102 cm³/mol. The standard InChI is InChI=1S/C19H20F2N2O5S/c1-27-16-8-7-14(10-17(16)28-19(20)21)23-18(24)13-3-2-4-15(9-13)29(25,26)22-11-12-5-6-12/h2-4,7-10,12,19,22H,5-6,11H2,1H3,(H,23,24). The van der Waals surface area contributed by atoms with Crippen molar-refractivity contribution in [2.75, 3.05) is 19.0 Å². The van der Waals surface area contributed by atoms with E-state index in [2.05, 4.69) is 14.8 Å². The average Bonchev–Trinajstić information content (AvgIpc) is 3.51. The zero-order valence-corrected chi connectivity index (χ0v) is 16.3. The molecular formula is C19H20F2N2O5S. The van der Waals surface area contributed by atoms with E-state index in [1.807, 2.05) is 0 Å². The van der Waals surface area contributed by atoms with Crippen LogP contribution in [0.1, 0.15) is 23.2 Å². The molecular weight excluding hydrogens is 406 g/mol. The zero-order valence-electron chi connectivity index (χ0n) is 15.5. The molecule has 156 valence electrons. The summed E-state index contributed by atoms with van der Waals surface area (Å²) >= 11 is 0. The highest BCUT2D eigenvalue weighted by molar-refractivity contribution is 7.89. The highest BCUT2D eigenvalue weighted by Gasteiger charge is 2.24. The van der Waals surface area contributed by atoms with Crippen LogP contribution >= 0.6 is 0 Å². The van der Waals surface area contributed by atoms with E-state index in [-0.39, 0.29) is 27.6 Å². The van der Waals surface area contributed by atoms with Crippen molar-refractivity contribution in [1.82, 2.24) is 4.72 Å². The van der Waals surface area contributed by atoms with Gasteiger partial charge in [-0.25, -0.2) is 13.1 Å². The van der Waals surface area contributed by atoms with E-state index >= 15 is 0 Å². The van der Waals surface area contributed by atoms with Gasteiger partial charge in [-0.2, -0.15) is 8.78 Å². The van der Waals surface area contributed by atoms with Crippen LogP contribution in [-0.2, 0) is 10.0 Å². The molecule has 0 bridgehead atoms. The number of ether oxygens (including phenoxy) is 2. The van der Waals surface area contributed by atoms with Crippen molar-refractivity contribution in [3.63, 3.8) is 0 Å². The van der Waals surface area contributed by atoms with Gasteiger partial charge < -0.3 is 14.8 Å². The monoisotopic (exact) mass is 426 g/mol. The highest BCUT2D eigenvalue weighted by atomic mass is 32.2. The second-order valence-corrected chi connectivity index (χ2v) is 8.29. The molecule has 0 aromatic heterocycles. The van der Waals surface area contributed by atoms with E-state index in [0.717, 1.165) is 12.8 Å². The Morgan fingerprint density at radius 2 is 1.93 bits per heavy atom. The number of rotatable bonds is 9. The molecule has 0 atom stereocenters. The molecule has 1 amide bonds. The smallest absolute Gasteiger partial charge is 0.387 e. The fourth-order valence-corrected chi connectivity index (χ4v) is 3.74. The van der Waals surface area contributed by atoms with Crippen LogP contribution in [0.3, 0.4) is 0 Å². The van der Waals surface area contributed by atoms with Crippen molar-refractivity contribution in [2.24, 2.45) is 5.92 Å². The molecule has 1 fully saturated rings. The van der Waals surface area contributed by atoms with E-state index in [4.69, 9.17) is 4.74 Å². The first-order valence-electron chi connectivity index (χ1n) is 8.82. The van der Waals surface area contributed by atoms with Gasteiger partial charge in [-0.1, -0.05) is 6.07 Å². The van der Waals surface area contributed by atoms with Crippen LogP contribution in [0.2, 0.25) is 0 Å². The van der Waals surface area contributed by atoms with E-state index in [1.165, 1.54) is 49.6 Å². The van der Waals surface area contributed by atoms with Crippen molar-refractivity contribution in [2.45, 2.75) is 24.3 Å². The fourth-order valence-electron chi connectivity index (χ4n) is 2.58. The molecule has 0 heterocycles. The first-order valence-corrected chi connectivity index (χ1v) is 10.3. The van der Waals surface area contributed by atoms with Gasteiger partial charge in [0.25, 0.3) is 5.91 Å². The third-order valence-electron chi connectivity index (χ3n) is 4.30. The van der Waals surface area contributed by atoms with Crippen LogP contribution < -0.4 is 19.5 Å². The maximum atomic E-state index is 12.5. The quantitative estimate of drug-likeness (QED) is 0.642. The molecule has 2 N–H and O–H groups in total. The van der Waals surface area contributed by atoms with Gasteiger partial charge in [-0.05, 0) is 49.1 Å². The number of anilines is 1. The minimum absolute atomic E-state index is 0.0257. The van der Waals surface area contributed by atoms with E-state index in [1.54, 1.807) is 0 Å². The lowest BCUT2D eigenvalue weighted by Crippen LogP contribution is -2.26. The van der Waals surface area contributed by atoms with Gasteiger partial charge in [-0.3, -0.25) is 4.79 Å². The van der Waals surface area contributed by atoms with Crippen molar-refractivity contribution >= 4 is 21.6 Å². The summed E-state index contributed by atoms with van der Waals surface area (Å²) < 4.78 is 61.7. The molecule has 1 saturated carbocycles. The number of carbonyl (C=O) groups excluding carboxylic acids is 1. The lowest BCUT2D eigenvalue weighted by molar-refractivity contribution is -0.0511. The molecule has 0 aliphatic heterocycles. The van der Waals surface area contributed by atoms with Crippen LogP contribution in [0.25, 0.3) is 0 Å². The van der Waals surface area contributed by atoms with Crippen molar-refractivity contribution in [3.8, 4) is 11.5 Å². The Labute approximate surface area is 167 Å². The SMILES string of the molecule is COc1ccc(NC(=O)c2cccc(S(=O)(=O)NCC3CC3)c2)cc1OC(F)F. The highest BCUT2D eigenvalue weighted by Crippen LogP contribution is 2.32. The Balaban J connectivity index is 1.75. The lowest BCUT2D eigenvalue weighted by atomic mass is 10.2. The van der Waals surface area contributed by atoms with Crippen molar-refractivity contribution in [3.05, 3.63) is 48.0 Å². The summed E-state index contributed by atoms with van der Waals surface area (Å²) in [6.07, 6.45) is 2.01. The molecule has 1 aliphatic rings. The number of benzene rings is 2. The number of hydrogen-bond donors (Lipinski definition) is 2. The van der Waals surface area contributed by atoms with E-state index < -0.39 is 22.5 Å². The molecule has 2 aromatic carbocycles. The molecule has 10 heteroatoms. The average molecular weight is 426 g/mol. The number of hydrogen-bond acceptors (Lipinski definition) is 5. The van der Waals surface area contributed by atoms with Crippen LogP contribution in [0, 0.1) is 5.92 Å². The van der Waals surface area contributed by atoms with Gasteiger partial charge in [0.05, 0.1) is 12.0 Å². The number of carbonyl (C=O) groups is 1. The first-order chi connectivity index (χ1) is 13.8. The number of alkyl halides is 2. The summed E-state index contributed by atoms with van der Waals surface area (Å²) in [5.41, 5.74) is 0.290. The Bertz CT molecular complexity index is 994. The second kappa shape index (κ2) is 8.75. The molecule has 29 heavy (non-hydrogen) atoms. The molecule has 0 spiro atoms. The number of halogens is 2. The normalized spacial score (nSPS) is 13.9. The minimum Gasteiger partial charge on any atom is -0.493 e. The van der Waals surface area contributed by atoms with Crippen LogP contribution in [0.15, 0.2) is 47.4 Å². The third-order valence-corrected chi connectivity index (χ3v) is 5.72. The molecule has 0 saturated heterocycles. The molecule has 7 nitrogen and oxygen atoms in total. The Hall–Kier alpha value is -2.72. The molecule has 1 aliphatic carbocycles. The summed E-state index contributed by atoms with van der Waals surface area (Å²) in [4.78, 5) is 12.5. The summed E-state index contributed by atoms with van der Waals surface area (Å²) in [6, 6.07) is 9.58. The maximum absolute atomic E-state index is 12.5.